The summed E-state index contributed by atoms with van der Waals surface area (Å²) in [6.45, 7) is 4.75. The molecule has 39 heavy (non-hydrogen) atoms. The molecule has 2 N–H and O–H groups in total. The molecule has 1 aromatic heterocycles. The highest BCUT2D eigenvalue weighted by atomic mass is 32.2. The van der Waals surface area contributed by atoms with Crippen molar-refractivity contribution in [2.75, 3.05) is 52.2 Å². The van der Waals surface area contributed by atoms with Crippen molar-refractivity contribution in [3.63, 3.8) is 0 Å². The molecule has 0 radical (unpaired) electrons. The summed E-state index contributed by atoms with van der Waals surface area (Å²) in [5.74, 6) is 0.757. The molecule has 1 aromatic rings. The van der Waals surface area contributed by atoms with Crippen LogP contribution < -0.4 is 10.6 Å². The molecule has 0 saturated carbocycles. The van der Waals surface area contributed by atoms with E-state index in [1.165, 1.54) is 21.2 Å². The van der Waals surface area contributed by atoms with Crippen LogP contribution in [0, 0.1) is 0 Å². The van der Waals surface area contributed by atoms with Crippen molar-refractivity contribution in [2.45, 2.75) is 34.4 Å². The molecule has 4 aliphatic rings. The number of nitrogens with zero attached hydrogens (tertiary/aromatic N) is 2. The molecular weight excluding hydrogens is 553 g/mol. The minimum atomic E-state index is -3.64. The quantitative estimate of drug-likeness (QED) is 0.411. The lowest BCUT2D eigenvalue weighted by Gasteiger charge is -2.32. The first-order valence-electron chi connectivity index (χ1n) is 13.4. The van der Waals surface area contributed by atoms with Gasteiger partial charge in [0.1, 0.15) is 9.91 Å². The minimum absolute atomic E-state index is 0.169. The van der Waals surface area contributed by atoms with Crippen LogP contribution in [0.25, 0.3) is 0 Å². The predicted octanol–water partition coefficient (Wildman–Crippen LogP) is 2.92. The van der Waals surface area contributed by atoms with Crippen molar-refractivity contribution < 1.29 is 17.9 Å². The fourth-order valence-corrected chi connectivity index (χ4v) is 8.75. The van der Waals surface area contributed by atoms with Gasteiger partial charge in [-0.1, -0.05) is 42.5 Å². The highest BCUT2D eigenvalue weighted by Gasteiger charge is 2.38. The molecule has 1 saturated heterocycles. The van der Waals surface area contributed by atoms with Gasteiger partial charge in [0.25, 0.3) is 15.9 Å². The lowest BCUT2D eigenvalue weighted by molar-refractivity contribution is -0.117. The van der Waals surface area contributed by atoms with E-state index < -0.39 is 16.1 Å². The molecule has 8 nitrogen and oxygen atoms in total. The van der Waals surface area contributed by atoms with Crippen LogP contribution in [-0.4, -0.2) is 93.1 Å². The van der Waals surface area contributed by atoms with Crippen molar-refractivity contribution in [1.29, 1.82) is 0 Å². The number of thiophene rings is 1. The molecule has 3 heterocycles. The van der Waals surface area contributed by atoms with Gasteiger partial charge in [-0.3, -0.25) is 9.69 Å². The van der Waals surface area contributed by atoms with E-state index in [0.717, 1.165) is 57.0 Å². The minimum Gasteiger partial charge on any atom is -0.379 e. The van der Waals surface area contributed by atoms with Gasteiger partial charge in [-0.25, -0.2) is 8.42 Å². The zero-order chi connectivity index (χ0) is 27.2. The third kappa shape index (κ3) is 6.96. The molecule has 3 unspecified atom stereocenters. The second-order valence-corrected chi connectivity index (χ2v) is 14.5. The number of fused-ring (bicyclic) bond motifs is 1. The molecular formula is C28H36N4O4S3. The van der Waals surface area contributed by atoms with Crippen LogP contribution in [0.5, 0.6) is 0 Å². The molecule has 0 spiro atoms. The lowest BCUT2D eigenvalue weighted by Crippen LogP contribution is -2.50. The first-order valence-corrected chi connectivity index (χ1v) is 16.7. The number of carbonyl (C=O) groups is 1. The van der Waals surface area contributed by atoms with Gasteiger partial charge in [-0.05, 0) is 41.5 Å². The maximum atomic E-state index is 13.3. The van der Waals surface area contributed by atoms with E-state index in [0.29, 0.717) is 16.5 Å². The van der Waals surface area contributed by atoms with E-state index >= 15 is 0 Å². The number of hydrogen-bond donors (Lipinski definition) is 2. The maximum absolute atomic E-state index is 13.3. The normalized spacial score (nSPS) is 24.0. The number of rotatable bonds is 11. The lowest BCUT2D eigenvalue weighted by atomic mass is 9.96. The van der Waals surface area contributed by atoms with Crippen LogP contribution >= 0.6 is 23.1 Å². The number of thioether (sulfide) groups is 1. The fraction of sp³-hybridized carbons (Fsp3) is 0.464. The second kappa shape index (κ2) is 13.0. The number of amides is 1. The van der Waals surface area contributed by atoms with Crippen molar-refractivity contribution in [2.24, 2.45) is 0 Å². The highest BCUT2D eigenvalue weighted by molar-refractivity contribution is 8.00. The Balaban J connectivity index is 1.20. The topological polar surface area (TPSA) is 91.0 Å². The van der Waals surface area contributed by atoms with Crippen LogP contribution in [0.3, 0.4) is 0 Å². The summed E-state index contributed by atoms with van der Waals surface area (Å²) in [6.07, 6.45) is 16.4. The van der Waals surface area contributed by atoms with Crippen LogP contribution in [0.1, 0.15) is 12.8 Å². The average Bonchev–Trinajstić information content (AvgIpc) is 3.66. The molecule has 5 rings (SSSR count). The van der Waals surface area contributed by atoms with Crippen molar-refractivity contribution in [1.82, 2.24) is 19.8 Å². The summed E-state index contributed by atoms with van der Waals surface area (Å²) in [7, 11) is -2.04. The summed E-state index contributed by atoms with van der Waals surface area (Å²) >= 11 is 3.08. The van der Waals surface area contributed by atoms with Gasteiger partial charge in [-0.2, -0.15) is 16.1 Å². The monoisotopic (exact) mass is 588 g/mol. The zero-order valence-electron chi connectivity index (χ0n) is 22.1. The largest absolute Gasteiger partial charge is 0.379 e. The van der Waals surface area contributed by atoms with Crippen molar-refractivity contribution >= 4 is 39.0 Å². The Hall–Kier alpha value is -2.15. The van der Waals surface area contributed by atoms with Gasteiger partial charge in [-0.15, -0.1) is 11.3 Å². The standard InChI is InChI=1S/C28H36N4O4S3/c1-31(39(34,35)26-11-6-16-37-26)25-10-5-9-22-17-24(30-27(22)25)28(33)29-18-23(19-32-12-14-36-15-13-32)38-20-21-7-3-2-4-8-21/h3,5-11,16-17,23,25,27,30H,2,4,12-15,18-20H2,1H3,(H,29,33). The first kappa shape index (κ1) is 28.4. The average molecular weight is 589 g/mol. The number of sulfonamides is 1. The predicted molar refractivity (Wildman–Crippen MR) is 158 cm³/mol. The van der Waals surface area contributed by atoms with Crippen molar-refractivity contribution in [3.8, 4) is 0 Å². The Labute approximate surface area is 239 Å². The Morgan fingerprint density at radius 3 is 2.92 bits per heavy atom. The number of carbonyl (C=O) groups excluding carboxylic acids is 1. The summed E-state index contributed by atoms with van der Waals surface area (Å²) in [5, 5.41) is 8.45. The number of hydrogen-bond acceptors (Lipinski definition) is 8. The molecule has 3 atom stereocenters. The second-order valence-electron chi connectivity index (χ2n) is 9.99. The van der Waals surface area contributed by atoms with E-state index in [-0.39, 0.29) is 17.2 Å². The van der Waals surface area contributed by atoms with Gasteiger partial charge in [0.05, 0.1) is 25.3 Å². The number of allylic oxidation sites excluding steroid dienone is 5. The molecule has 1 fully saturated rings. The maximum Gasteiger partial charge on any atom is 0.267 e. The number of likely N-dealkylation sites (N-methyl/N-ethyl adjacent to an activating group) is 1. The smallest absolute Gasteiger partial charge is 0.267 e. The fourth-order valence-electron chi connectivity index (χ4n) is 5.09. The third-order valence-corrected chi connectivity index (χ3v) is 11.8. The number of morpholine rings is 1. The van der Waals surface area contributed by atoms with Gasteiger partial charge in [0.15, 0.2) is 0 Å². The Bertz CT molecular complexity index is 1280. The van der Waals surface area contributed by atoms with Gasteiger partial charge < -0.3 is 15.4 Å². The van der Waals surface area contributed by atoms with Crippen LogP contribution in [0.4, 0.5) is 0 Å². The van der Waals surface area contributed by atoms with Crippen LogP contribution in [-0.2, 0) is 19.6 Å². The Morgan fingerprint density at radius 2 is 2.18 bits per heavy atom. The van der Waals surface area contributed by atoms with E-state index in [4.69, 9.17) is 4.74 Å². The molecule has 1 amide bonds. The molecule has 2 aliphatic heterocycles. The SMILES string of the molecule is CN(C1C=CC=C2C=C(C(=O)NCC(CN3CCOCC3)SCC3=CCCC=C3)NC21)S(=O)(=O)c1cccs1. The highest BCUT2D eigenvalue weighted by Crippen LogP contribution is 2.30. The Kier molecular flexibility index (Phi) is 9.47. The molecule has 0 aromatic carbocycles. The van der Waals surface area contributed by atoms with E-state index in [9.17, 15) is 13.2 Å². The molecule has 11 heteroatoms. The first-order chi connectivity index (χ1) is 18.9. The number of nitrogens with one attached hydrogen (secondary N) is 2. The van der Waals surface area contributed by atoms with Crippen LogP contribution in [0.2, 0.25) is 0 Å². The molecule has 2 aliphatic carbocycles. The summed E-state index contributed by atoms with van der Waals surface area (Å²) in [6, 6.07) is 2.59. The van der Waals surface area contributed by atoms with E-state index in [1.54, 1.807) is 24.6 Å². The summed E-state index contributed by atoms with van der Waals surface area (Å²) < 4.78 is 33.5. The summed E-state index contributed by atoms with van der Waals surface area (Å²) in [5.41, 5.74) is 2.71. The third-order valence-electron chi connectivity index (χ3n) is 7.33. The molecule has 0 bridgehead atoms. The van der Waals surface area contributed by atoms with Crippen LogP contribution in [0.15, 0.2) is 81.1 Å². The number of ether oxygens (including phenoxy) is 1. The Morgan fingerprint density at radius 1 is 1.33 bits per heavy atom. The van der Waals surface area contributed by atoms with Crippen molar-refractivity contribution in [3.05, 3.63) is 76.9 Å². The zero-order valence-corrected chi connectivity index (χ0v) is 24.6. The van der Waals surface area contributed by atoms with Gasteiger partial charge >= 0.3 is 0 Å². The molecule has 210 valence electrons. The van der Waals surface area contributed by atoms with E-state index in [2.05, 4.69) is 33.8 Å². The van der Waals surface area contributed by atoms with Gasteiger partial charge in [0, 0.05) is 44.2 Å². The summed E-state index contributed by atoms with van der Waals surface area (Å²) in [4.78, 5) is 15.7. The van der Waals surface area contributed by atoms with E-state index in [1.807, 2.05) is 36.1 Å². The van der Waals surface area contributed by atoms with Gasteiger partial charge in [0.2, 0.25) is 0 Å².